The lowest BCUT2D eigenvalue weighted by atomic mass is 9.88. The minimum atomic E-state index is -1.12. The Balaban J connectivity index is 1.90. The molecular weight excluding hydrogens is 318 g/mol. The summed E-state index contributed by atoms with van der Waals surface area (Å²) in [6, 6.07) is 5.27. The molecule has 0 bridgehead atoms. The zero-order chi connectivity index (χ0) is 16.8. The van der Waals surface area contributed by atoms with Crippen molar-refractivity contribution in [3.63, 3.8) is 0 Å². The number of hydrogen-bond donors (Lipinski definition) is 2. The van der Waals surface area contributed by atoms with E-state index < -0.39 is 17.9 Å². The van der Waals surface area contributed by atoms with Crippen LogP contribution in [-0.4, -0.2) is 29.7 Å². The Labute approximate surface area is 141 Å². The van der Waals surface area contributed by atoms with Crippen molar-refractivity contribution in [3.8, 4) is 0 Å². The molecule has 6 heteroatoms. The molecule has 0 spiro atoms. The highest BCUT2D eigenvalue weighted by Crippen LogP contribution is 2.26. The number of carbonyl (C=O) groups excluding carboxylic acids is 1. The molecular formula is C17H22ClNO4. The lowest BCUT2D eigenvalue weighted by Gasteiger charge is -2.28. The van der Waals surface area contributed by atoms with Crippen LogP contribution < -0.4 is 5.32 Å². The van der Waals surface area contributed by atoms with Crippen LogP contribution in [0.25, 0.3) is 0 Å². The molecule has 23 heavy (non-hydrogen) atoms. The summed E-state index contributed by atoms with van der Waals surface area (Å²) in [5.41, 5.74) is 0.473. The molecule has 0 aromatic heterocycles. The van der Waals surface area contributed by atoms with Gasteiger partial charge in [-0.25, -0.2) is 4.79 Å². The van der Waals surface area contributed by atoms with Gasteiger partial charge in [-0.15, -0.1) is 0 Å². The van der Waals surface area contributed by atoms with Gasteiger partial charge in [0.2, 0.25) is 5.91 Å². The number of carboxylic acid groups (broad SMARTS) is 1. The number of aliphatic carboxylic acids is 1. The Morgan fingerprint density at radius 3 is 2.57 bits per heavy atom. The fourth-order valence-electron chi connectivity index (χ4n) is 2.86. The summed E-state index contributed by atoms with van der Waals surface area (Å²) in [5.74, 6) is -1.11. The molecule has 1 saturated carbocycles. The van der Waals surface area contributed by atoms with Crippen LogP contribution in [0.4, 0.5) is 0 Å². The Kier molecular flexibility index (Phi) is 6.42. The van der Waals surface area contributed by atoms with Gasteiger partial charge in [0.05, 0.1) is 6.10 Å². The van der Waals surface area contributed by atoms with Crippen LogP contribution >= 0.6 is 11.6 Å². The maximum absolute atomic E-state index is 12.0. The topological polar surface area (TPSA) is 75.6 Å². The van der Waals surface area contributed by atoms with Gasteiger partial charge in [0.25, 0.3) is 0 Å². The molecule has 5 nitrogen and oxygen atoms in total. The quantitative estimate of drug-likeness (QED) is 0.834. The van der Waals surface area contributed by atoms with Gasteiger partial charge in [0.1, 0.15) is 6.61 Å². The van der Waals surface area contributed by atoms with E-state index in [4.69, 9.17) is 16.3 Å². The van der Waals surface area contributed by atoms with Crippen molar-refractivity contribution in [1.29, 1.82) is 0 Å². The van der Waals surface area contributed by atoms with E-state index in [1.165, 1.54) is 6.42 Å². The van der Waals surface area contributed by atoms with Crippen LogP contribution in [0.1, 0.15) is 44.2 Å². The lowest BCUT2D eigenvalue weighted by Crippen LogP contribution is -2.38. The second kappa shape index (κ2) is 8.31. The van der Waals surface area contributed by atoms with Crippen LogP contribution in [-0.2, 0) is 14.3 Å². The maximum atomic E-state index is 12.0. The number of carbonyl (C=O) groups is 2. The number of amides is 1. The van der Waals surface area contributed by atoms with E-state index in [1.54, 1.807) is 24.3 Å². The molecule has 1 aliphatic carbocycles. The van der Waals surface area contributed by atoms with Gasteiger partial charge in [0, 0.05) is 5.02 Å². The second-order valence-corrected chi connectivity index (χ2v) is 6.44. The molecule has 0 heterocycles. The van der Waals surface area contributed by atoms with Gasteiger partial charge < -0.3 is 15.2 Å². The Morgan fingerprint density at radius 1 is 1.30 bits per heavy atom. The number of nitrogens with one attached hydrogen (secondary N) is 1. The average Bonchev–Trinajstić information content (AvgIpc) is 2.52. The first-order chi connectivity index (χ1) is 11.0. The molecule has 3 atom stereocenters. The van der Waals surface area contributed by atoms with Crippen molar-refractivity contribution in [2.45, 2.75) is 44.8 Å². The van der Waals surface area contributed by atoms with Gasteiger partial charge in [-0.05, 0) is 36.5 Å². The molecule has 1 aliphatic rings. The summed E-state index contributed by atoms with van der Waals surface area (Å²) in [6.07, 6.45) is 4.45. The minimum Gasteiger partial charge on any atom is -0.479 e. The Morgan fingerprint density at radius 2 is 1.96 bits per heavy atom. The van der Waals surface area contributed by atoms with Crippen molar-refractivity contribution in [2.24, 2.45) is 5.92 Å². The molecule has 0 aliphatic heterocycles. The lowest BCUT2D eigenvalue weighted by molar-refractivity contribution is -0.143. The third-order valence-corrected chi connectivity index (χ3v) is 4.47. The highest BCUT2D eigenvalue weighted by molar-refractivity contribution is 6.30. The van der Waals surface area contributed by atoms with Crippen molar-refractivity contribution in [2.75, 3.05) is 6.61 Å². The standard InChI is InChI=1S/C17H22ClNO4/c1-11-4-2-3-5-14(11)23-10-15(20)19-16(17(21)22)12-6-8-13(18)9-7-12/h6-9,11,14,16H,2-5,10H2,1H3,(H,19,20)(H,21,22). The highest BCUT2D eigenvalue weighted by Gasteiger charge is 2.25. The molecule has 1 fully saturated rings. The molecule has 1 amide bonds. The summed E-state index contributed by atoms with van der Waals surface area (Å²) >= 11 is 5.80. The summed E-state index contributed by atoms with van der Waals surface area (Å²) in [4.78, 5) is 23.4. The van der Waals surface area contributed by atoms with E-state index in [-0.39, 0.29) is 12.7 Å². The molecule has 2 N–H and O–H groups in total. The molecule has 3 unspecified atom stereocenters. The van der Waals surface area contributed by atoms with Crippen LogP contribution in [0.5, 0.6) is 0 Å². The predicted molar refractivity (Wildman–Crippen MR) is 87.3 cm³/mol. The largest absolute Gasteiger partial charge is 0.479 e. The fourth-order valence-corrected chi connectivity index (χ4v) is 2.98. The van der Waals surface area contributed by atoms with Crippen LogP contribution in [0.3, 0.4) is 0 Å². The number of ether oxygens (including phenoxy) is 1. The third kappa shape index (κ3) is 5.22. The third-order valence-electron chi connectivity index (χ3n) is 4.22. The maximum Gasteiger partial charge on any atom is 0.330 e. The smallest absolute Gasteiger partial charge is 0.330 e. The molecule has 0 radical (unpaired) electrons. The van der Waals surface area contributed by atoms with Crippen LogP contribution in [0, 0.1) is 5.92 Å². The zero-order valence-corrected chi connectivity index (χ0v) is 13.9. The van der Waals surface area contributed by atoms with Crippen LogP contribution in [0.2, 0.25) is 5.02 Å². The molecule has 1 aromatic rings. The molecule has 1 aromatic carbocycles. The average molecular weight is 340 g/mol. The van der Waals surface area contributed by atoms with Crippen molar-refractivity contribution in [3.05, 3.63) is 34.9 Å². The minimum absolute atomic E-state index is 0.0771. The van der Waals surface area contributed by atoms with E-state index in [2.05, 4.69) is 12.2 Å². The molecule has 2 rings (SSSR count). The molecule has 0 saturated heterocycles. The summed E-state index contributed by atoms with van der Waals surface area (Å²) < 4.78 is 5.67. The van der Waals surface area contributed by atoms with Gasteiger partial charge in [-0.2, -0.15) is 0 Å². The van der Waals surface area contributed by atoms with Gasteiger partial charge in [-0.1, -0.05) is 43.5 Å². The highest BCUT2D eigenvalue weighted by atomic mass is 35.5. The van der Waals surface area contributed by atoms with E-state index in [1.807, 2.05) is 0 Å². The van der Waals surface area contributed by atoms with Gasteiger partial charge in [0.15, 0.2) is 6.04 Å². The normalized spacial score (nSPS) is 22.3. The second-order valence-electron chi connectivity index (χ2n) is 6.00. The summed E-state index contributed by atoms with van der Waals surface area (Å²) in [7, 11) is 0. The first-order valence-electron chi connectivity index (χ1n) is 7.86. The van der Waals surface area contributed by atoms with E-state index in [0.717, 1.165) is 19.3 Å². The van der Waals surface area contributed by atoms with Gasteiger partial charge >= 0.3 is 5.97 Å². The monoisotopic (exact) mass is 339 g/mol. The SMILES string of the molecule is CC1CCCCC1OCC(=O)NC(C(=O)O)c1ccc(Cl)cc1. The number of carboxylic acids is 1. The first-order valence-corrected chi connectivity index (χ1v) is 8.24. The van der Waals surface area contributed by atoms with Crippen LogP contribution in [0.15, 0.2) is 24.3 Å². The summed E-state index contributed by atoms with van der Waals surface area (Å²) in [6.45, 7) is 2.00. The van der Waals surface area contributed by atoms with Crippen molar-refractivity contribution < 1.29 is 19.4 Å². The first kappa shape index (κ1) is 17.8. The van der Waals surface area contributed by atoms with E-state index in [9.17, 15) is 14.7 Å². The Bertz CT molecular complexity index is 546. The zero-order valence-electron chi connectivity index (χ0n) is 13.1. The van der Waals surface area contributed by atoms with Crippen molar-refractivity contribution >= 4 is 23.5 Å². The number of halogens is 1. The Hall–Kier alpha value is -1.59. The van der Waals surface area contributed by atoms with Gasteiger partial charge in [-0.3, -0.25) is 4.79 Å². The van der Waals surface area contributed by atoms with Crippen molar-refractivity contribution in [1.82, 2.24) is 5.32 Å². The predicted octanol–water partition coefficient (Wildman–Crippen LogP) is 3.18. The summed E-state index contributed by atoms with van der Waals surface area (Å²) in [5, 5.41) is 12.3. The molecule has 126 valence electrons. The number of hydrogen-bond acceptors (Lipinski definition) is 3. The number of benzene rings is 1. The fraction of sp³-hybridized carbons (Fsp3) is 0.529. The van der Waals surface area contributed by atoms with E-state index >= 15 is 0 Å². The van der Waals surface area contributed by atoms with E-state index in [0.29, 0.717) is 16.5 Å². The number of rotatable bonds is 6.